The maximum atomic E-state index is 5.85. The SMILES string of the molecule is CCc1ccc(OC)c(-c2c(C)nc(N)n2C)c1. The first-order chi connectivity index (χ1) is 8.58. The smallest absolute Gasteiger partial charge is 0.200 e. The van der Waals surface area contributed by atoms with Crippen molar-refractivity contribution in [2.45, 2.75) is 20.3 Å². The molecule has 96 valence electrons. The summed E-state index contributed by atoms with van der Waals surface area (Å²) in [5.74, 6) is 1.37. The number of nitrogens with zero attached hydrogens (tertiary/aromatic N) is 2. The third-order valence-corrected chi connectivity index (χ3v) is 3.23. The maximum Gasteiger partial charge on any atom is 0.200 e. The molecule has 0 saturated heterocycles. The van der Waals surface area contributed by atoms with Crippen molar-refractivity contribution < 1.29 is 4.74 Å². The van der Waals surface area contributed by atoms with E-state index in [4.69, 9.17) is 10.5 Å². The monoisotopic (exact) mass is 245 g/mol. The molecular weight excluding hydrogens is 226 g/mol. The predicted molar refractivity (Wildman–Crippen MR) is 73.7 cm³/mol. The van der Waals surface area contributed by atoms with Gasteiger partial charge in [-0.3, -0.25) is 0 Å². The summed E-state index contributed by atoms with van der Waals surface area (Å²) in [5, 5.41) is 0. The summed E-state index contributed by atoms with van der Waals surface area (Å²) in [4.78, 5) is 4.30. The Kier molecular flexibility index (Phi) is 3.28. The molecule has 0 amide bonds. The van der Waals surface area contributed by atoms with Crippen molar-refractivity contribution in [3.8, 4) is 17.0 Å². The molecule has 0 fully saturated rings. The summed E-state index contributed by atoms with van der Waals surface area (Å²) < 4.78 is 7.33. The zero-order valence-corrected chi connectivity index (χ0v) is 11.3. The van der Waals surface area contributed by atoms with Gasteiger partial charge in [0, 0.05) is 12.6 Å². The van der Waals surface area contributed by atoms with E-state index in [0.717, 1.165) is 29.1 Å². The largest absolute Gasteiger partial charge is 0.496 e. The molecule has 0 radical (unpaired) electrons. The van der Waals surface area contributed by atoms with Crippen molar-refractivity contribution in [2.75, 3.05) is 12.8 Å². The van der Waals surface area contributed by atoms with E-state index in [1.54, 1.807) is 7.11 Å². The minimum Gasteiger partial charge on any atom is -0.496 e. The minimum atomic E-state index is 0.520. The van der Waals surface area contributed by atoms with E-state index in [1.165, 1.54) is 5.56 Å². The summed E-state index contributed by atoms with van der Waals surface area (Å²) in [5.41, 5.74) is 10.1. The van der Waals surface area contributed by atoms with Gasteiger partial charge in [-0.15, -0.1) is 0 Å². The number of hydrogen-bond acceptors (Lipinski definition) is 3. The molecule has 0 aliphatic carbocycles. The molecule has 4 heteroatoms. The van der Waals surface area contributed by atoms with Crippen LogP contribution in [0.25, 0.3) is 11.3 Å². The van der Waals surface area contributed by atoms with Crippen molar-refractivity contribution in [3.63, 3.8) is 0 Å². The second kappa shape index (κ2) is 4.72. The number of methoxy groups -OCH3 is 1. The number of aromatic nitrogens is 2. The molecule has 1 aromatic heterocycles. The number of anilines is 1. The lowest BCUT2D eigenvalue weighted by Gasteiger charge is -2.12. The summed E-state index contributed by atoms with van der Waals surface area (Å²) >= 11 is 0. The van der Waals surface area contributed by atoms with Crippen LogP contribution in [0.2, 0.25) is 0 Å². The Morgan fingerprint density at radius 1 is 1.39 bits per heavy atom. The van der Waals surface area contributed by atoms with E-state index >= 15 is 0 Å². The highest BCUT2D eigenvalue weighted by Crippen LogP contribution is 2.33. The molecule has 0 atom stereocenters. The van der Waals surface area contributed by atoms with E-state index in [0.29, 0.717) is 5.95 Å². The molecule has 0 spiro atoms. The molecule has 1 heterocycles. The first-order valence-corrected chi connectivity index (χ1v) is 6.04. The van der Waals surface area contributed by atoms with E-state index in [2.05, 4.69) is 24.0 Å². The first kappa shape index (κ1) is 12.5. The number of nitrogen functional groups attached to an aromatic ring is 1. The number of benzene rings is 1. The molecule has 4 nitrogen and oxygen atoms in total. The highest BCUT2D eigenvalue weighted by molar-refractivity contribution is 5.72. The van der Waals surface area contributed by atoms with Crippen LogP contribution in [0.3, 0.4) is 0 Å². The van der Waals surface area contributed by atoms with Gasteiger partial charge in [0.05, 0.1) is 18.5 Å². The van der Waals surface area contributed by atoms with Crippen LogP contribution in [0, 0.1) is 6.92 Å². The number of hydrogen-bond donors (Lipinski definition) is 1. The molecule has 1 aromatic carbocycles. The Bertz CT molecular complexity index is 573. The van der Waals surface area contributed by atoms with Crippen molar-refractivity contribution >= 4 is 5.95 Å². The Balaban J connectivity index is 2.68. The Morgan fingerprint density at radius 2 is 2.11 bits per heavy atom. The number of ether oxygens (including phenoxy) is 1. The first-order valence-electron chi connectivity index (χ1n) is 6.04. The quantitative estimate of drug-likeness (QED) is 0.904. The molecule has 0 aliphatic heterocycles. The average molecular weight is 245 g/mol. The van der Waals surface area contributed by atoms with Crippen LogP contribution in [0.4, 0.5) is 5.95 Å². The van der Waals surface area contributed by atoms with Gasteiger partial charge >= 0.3 is 0 Å². The van der Waals surface area contributed by atoms with Crippen LogP contribution >= 0.6 is 0 Å². The maximum absolute atomic E-state index is 5.85. The topological polar surface area (TPSA) is 53.1 Å². The molecule has 2 N–H and O–H groups in total. The number of nitrogens with two attached hydrogens (primary N) is 1. The Hall–Kier alpha value is -1.97. The van der Waals surface area contributed by atoms with E-state index in [9.17, 15) is 0 Å². The zero-order chi connectivity index (χ0) is 13.3. The second-order valence-corrected chi connectivity index (χ2v) is 4.35. The predicted octanol–water partition coefficient (Wildman–Crippen LogP) is 2.55. The molecule has 0 saturated carbocycles. The lowest BCUT2D eigenvalue weighted by atomic mass is 10.0. The normalized spacial score (nSPS) is 10.7. The highest BCUT2D eigenvalue weighted by Gasteiger charge is 2.15. The second-order valence-electron chi connectivity index (χ2n) is 4.35. The molecule has 2 aromatic rings. The van der Waals surface area contributed by atoms with E-state index in [1.807, 2.05) is 24.6 Å². The highest BCUT2D eigenvalue weighted by atomic mass is 16.5. The van der Waals surface area contributed by atoms with Crippen molar-refractivity contribution in [2.24, 2.45) is 7.05 Å². The van der Waals surface area contributed by atoms with Gasteiger partial charge < -0.3 is 15.0 Å². The molecule has 18 heavy (non-hydrogen) atoms. The molecular formula is C14H19N3O. The Morgan fingerprint density at radius 3 is 2.61 bits per heavy atom. The van der Waals surface area contributed by atoms with Crippen LogP contribution < -0.4 is 10.5 Å². The van der Waals surface area contributed by atoms with Crippen LogP contribution in [0.1, 0.15) is 18.2 Å². The third kappa shape index (κ3) is 1.94. The lowest BCUT2D eigenvalue weighted by molar-refractivity contribution is 0.416. The van der Waals surface area contributed by atoms with Crippen molar-refractivity contribution in [1.82, 2.24) is 9.55 Å². The van der Waals surface area contributed by atoms with Gasteiger partial charge in [0.1, 0.15) is 5.75 Å². The summed E-state index contributed by atoms with van der Waals surface area (Å²) in [6, 6.07) is 6.22. The standard InChI is InChI=1S/C14H19N3O/c1-5-10-6-7-12(18-4)11(8-10)13-9(2)16-14(15)17(13)3/h6-8H,5H2,1-4H3,(H2,15,16). The van der Waals surface area contributed by atoms with Crippen LogP contribution in [-0.2, 0) is 13.5 Å². The van der Waals surface area contributed by atoms with Crippen molar-refractivity contribution in [1.29, 1.82) is 0 Å². The van der Waals surface area contributed by atoms with Crippen LogP contribution in [0.5, 0.6) is 5.75 Å². The summed E-state index contributed by atoms with van der Waals surface area (Å²) in [6.45, 7) is 4.10. The summed E-state index contributed by atoms with van der Waals surface area (Å²) in [7, 11) is 3.60. The van der Waals surface area contributed by atoms with Crippen molar-refractivity contribution in [3.05, 3.63) is 29.5 Å². The number of rotatable bonds is 3. The van der Waals surface area contributed by atoms with Gasteiger partial charge in [-0.05, 0) is 31.0 Å². The zero-order valence-electron chi connectivity index (χ0n) is 11.3. The van der Waals surface area contributed by atoms with Crippen LogP contribution in [0.15, 0.2) is 18.2 Å². The van der Waals surface area contributed by atoms with Gasteiger partial charge in [-0.25, -0.2) is 4.98 Å². The third-order valence-electron chi connectivity index (χ3n) is 3.23. The van der Waals surface area contributed by atoms with E-state index in [-0.39, 0.29) is 0 Å². The number of imidazole rings is 1. The summed E-state index contributed by atoms with van der Waals surface area (Å²) in [6.07, 6.45) is 0.989. The van der Waals surface area contributed by atoms with Crippen LogP contribution in [-0.4, -0.2) is 16.7 Å². The Labute approximate surface area is 107 Å². The van der Waals surface area contributed by atoms with Gasteiger partial charge in [0.25, 0.3) is 0 Å². The number of aryl methyl sites for hydroxylation is 2. The molecule has 0 bridgehead atoms. The molecule has 0 aliphatic rings. The fourth-order valence-corrected chi connectivity index (χ4v) is 2.19. The minimum absolute atomic E-state index is 0.520. The fourth-order valence-electron chi connectivity index (χ4n) is 2.19. The van der Waals surface area contributed by atoms with Gasteiger partial charge in [-0.2, -0.15) is 0 Å². The van der Waals surface area contributed by atoms with Gasteiger partial charge in [0.15, 0.2) is 0 Å². The van der Waals surface area contributed by atoms with Gasteiger partial charge in [0.2, 0.25) is 5.95 Å². The average Bonchev–Trinajstić information content (AvgIpc) is 2.62. The fraction of sp³-hybridized carbons (Fsp3) is 0.357. The molecule has 0 unspecified atom stereocenters. The van der Waals surface area contributed by atoms with E-state index < -0.39 is 0 Å². The lowest BCUT2D eigenvalue weighted by Crippen LogP contribution is -2.00. The molecule has 2 rings (SSSR count). The van der Waals surface area contributed by atoms with Gasteiger partial charge in [-0.1, -0.05) is 13.0 Å².